The van der Waals surface area contributed by atoms with Crippen molar-refractivity contribution >= 4 is 17.5 Å². The number of hydrogen-bond acceptors (Lipinski definition) is 7. The predicted octanol–water partition coefficient (Wildman–Crippen LogP) is 5.40. The summed E-state index contributed by atoms with van der Waals surface area (Å²) >= 11 is 0. The highest BCUT2D eigenvalue weighted by Crippen LogP contribution is 2.32. The van der Waals surface area contributed by atoms with Crippen LogP contribution in [0.25, 0.3) is 11.1 Å². The van der Waals surface area contributed by atoms with Gasteiger partial charge >= 0.3 is 0 Å². The van der Waals surface area contributed by atoms with Crippen molar-refractivity contribution in [2.24, 2.45) is 0 Å². The lowest BCUT2D eigenvalue weighted by Crippen LogP contribution is -2.47. The van der Waals surface area contributed by atoms with Crippen LogP contribution in [-0.4, -0.2) is 52.0 Å². The Bertz CT molecular complexity index is 1260. The van der Waals surface area contributed by atoms with E-state index in [0.29, 0.717) is 28.9 Å². The molecule has 3 aromatic rings. The number of benzene rings is 2. The molecule has 0 saturated carbocycles. The molecule has 0 bridgehead atoms. The topological polar surface area (TPSA) is 87.4 Å². The average Bonchev–Trinajstić information content (AvgIpc) is 2.93. The highest BCUT2D eigenvalue weighted by atomic mass is 19.1. The van der Waals surface area contributed by atoms with Crippen LogP contribution in [0, 0.1) is 21.7 Å². The van der Waals surface area contributed by atoms with Crippen LogP contribution in [0.5, 0.6) is 0 Å². The van der Waals surface area contributed by atoms with E-state index in [1.54, 1.807) is 18.2 Å². The van der Waals surface area contributed by atoms with Gasteiger partial charge in [0.05, 0.1) is 4.92 Å². The monoisotopic (exact) mass is 508 g/mol. The molecule has 1 aromatic heterocycles. The van der Waals surface area contributed by atoms with Crippen LogP contribution in [0.2, 0.25) is 0 Å². The summed E-state index contributed by atoms with van der Waals surface area (Å²) in [6.45, 7) is 4.07. The van der Waals surface area contributed by atoms with E-state index in [0.717, 1.165) is 32.0 Å². The van der Waals surface area contributed by atoms with Crippen molar-refractivity contribution in [2.45, 2.75) is 44.7 Å². The molecule has 0 spiro atoms. The Labute approximate surface area is 214 Å². The fraction of sp³-hybridized carbons (Fsp3) is 0.407. The zero-order valence-corrected chi connectivity index (χ0v) is 20.6. The minimum absolute atomic E-state index is 0.0152. The van der Waals surface area contributed by atoms with Crippen LogP contribution in [-0.2, 0) is 6.54 Å². The number of halogens is 2. The van der Waals surface area contributed by atoms with E-state index in [2.05, 4.69) is 20.1 Å². The smallest absolute Gasteiger partial charge is 0.274 e. The second-order valence-electron chi connectivity index (χ2n) is 9.61. The third kappa shape index (κ3) is 5.69. The number of likely N-dealkylation sites (tertiary alicyclic amines) is 1. The lowest BCUT2D eigenvalue weighted by atomic mass is 10.00. The fourth-order valence-electron chi connectivity index (χ4n) is 5.30. The van der Waals surface area contributed by atoms with E-state index in [1.807, 2.05) is 0 Å². The third-order valence-electron chi connectivity index (χ3n) is 7.29. The Hall–Kier alpha value is -3.66. The Kier molecular flexibility index (Phi) is 7.55. The van der Waals surface area contributed by atoms with E-state index >= 15 is 0 Å². The number of nitro benzene ring substituents is 1. The van der Waals surface area contributed by atoms with Crippen molar-refractivity contribution in [1.29, 1.82) is 0 Å². The summed E-state index contributed by atoms with van der Waals surface area (Å²) in [5.41, 5.74) is 0.976. The molecule has 2 aromatic carbocycles. The third-order valence-corrected chi connectivity index (χ3v) is 7.29. The van der Waals surface area contributed by atoms with E-state index in [4.69, 9.17) is 4.98 Å². The van der Waals surface area contributed by atoms with E-state index in [-0.39, 0.29) is 17.8 Å². The standard InChI is InChI=1S/C27H30F2N6O2/c28-20-8-9-22(24(29)16-20)23-18-31-27(34-14-10-21(11-15-34)33-12-4-1-5-13-33)32-26(23)30-17-19-6-2-3-7-25(19)35(36)37/h2-3,6-9,16,18,21H,1,4-5,10-15,17H2,(H,30,31,32). The van der Waals surface area contributed by atoms with Crippen molar-refractivity contribution in [3.05, 3.63) is 76.0 Å². The Morgan fingerprint density at radius 2 is 1.76 bits per heavy atom. The highest BCUT2D eigenvalue weighted by molar-refractivity contribution is 5.76. The van der Waals surface area contributed by atoms with Gasteiger partial charge in [-0.2, -0.15) is 4.98 Å². The maximum absolute atomic E-state index is 14.7. The van der Waals surface area contributed by atoms with E-state index in [9.17, 15) is 18.9 Å². The molecule has 0 amide bonds. The number of anilines is 2. The van der Waals surface area contributed by atoms with Crippen molar-refractivity contribution in [1.82, 2.24) is 14.9 Å². The van der Waals surface area contributed by atoms with Gasteiger partial charge in [0.25, 0.3) is 5.69 Å². The zero-order chi connectivity index (χ0) is 25.8. The van der Waals surface area contributed by atoms with Gasteiger partial charge in [-0.05, 0) is 50.9 Å². The van der Waals surface area contributed by atoms with Crippen molar-refractivity contribution < 1.29 is 13.7 Å². The summed E-state index contributed by atoms with van der Waals surface area (Å²) in [4.78, 5) is 25.0. The summed E-state index contributed by atoms with van der Waals surface area (Å²) < 4.78 is 28.3. The average molecular weight is 509 g/mol. The first-order valence-corrected chi connectivity index (χ1v) is 12.8. The summed E-state index contributed by atoms with van der Waals surface area (Å²) in [5, 5.41) is 14.6. The molecule has 0 unspecified atom stereocenters. The number of aromatic nitrogens is 2. The van der Waals surface area contributed by atoms with E-state index < -0.39 is 16.6 Å². The predicted molar refractivity (Wildman–Crippen MR) is 138 cm³/mol. The van der Waals surface area contributed by atoms with Gasteiger partial charge in [-0.3, -0.25) is 10.1 Å². The van der Waals surface area contributed by atoms with Crippen molar-refractivity contribution in [2.75, 3.05) is 36.4 Å². The first-order valence-electron chi connectivity index (χ1n) is 12.8. The minimum atomic E-state index is -0.729. The summed E-state index contributed by atoms with van der Waals surface area (Å²) in [7, 11) is 0. The van der Waals surface area contributed by atoms with Gasteiger partial charge < -0.3 is 15.1 Å². The van der Waals surface area contributed by atoms with Crippen molar-refractivity contribution in [3.63, 3.8) is 0 Å². The molecule has 37 heavy (non-hydrogen) atoms. The molecule has 0 aliphatic carbocycles. The second kappa shape index (κ2) is 11.2. The first-order chi connectivity index (χ1) is 18.0. The van der Waals surface area contributed by atoms with Crippen LogP contribution < -0.4 is 10.2 Å². The molecule has 0 radical (unpaired) electrons. The highest BCUT2D eigenvalue weighted by Gasteiger charge is 2.27. The van der Waals surface area contributed by atoms with Crippen LogP contribution in [0.4, 0.5) is 26.2 Å². The van der Waals surface area contributed by atoms with Gasteiger partial charge in [-0.1, -0.05) is 24.6 Å². The molecular weight excluding hydrogens is 478 g/mol. The number of nitrogens with zero attached hydrogens (tertiary/aromatic N) is 5. The van der Waals surface area contributed by atoms with Crippen LogP contribution in [0.3, 0.4) is 0 Å². The van der Waals surface area contributed by atoms with Gasteiger partial charge in [0.1, 0.15) is 17.5 Å². The largest absolute Gasteiger partial charge is 0.365 e. The molecule has 2 fully saturated rings. The van der Waals surface area contributed by atoms with Crippen molar-refractivity contribution in [3.8, 4) is 11.1 Å². The fourth-order valence-corrected chi connectivity index (χ4v) is 5.30. The molecule has 5 rings (SSSR count). The molecular formula is C27H30F2N6O2. The number of hydrogen-bond donors (Lipinski definition) is 1. The molecule has 194 valence electrons. The minimum Gasteiger partial charge on any atom is -0.365 e. The van der Waals surface area contributed by atoms with Gasteiger partial charge in [0.15, 0.2) is 0 Å². The molecule has 2 saturated heterocycles. The number of nitro groups is 1. The zero-order valence-electron chi connectivity index (χ0n) is 20.6. The van der Waals surface area contributed by atoms with Gasteiger partial charge in [-0.25, -0.2) is 13.8 Å². The Morgan fingerprint density at radius 1 is 1.00 bits per heavy atom. The maximum atomic E-state index is 14.7. The maximum Gasteiger partial charge on any atom is 0.274 e. The van der Waals surface area contributed by atoms with Gasteiger partial charge in [0, 0.05) is 60.7 Å². The number of para-hydroxylation sites is 1. The number of rotatable bonds is 7. The van der Waals surface area contributed by atoms with Crippen LogP contribution in [0.15, 0.2) is 48.7 Å². The van der Waals surface area contributed by atoms with Crippen LogP contribution >= 0.6 is 0 Å². The molecule has 0 atom stereocenters. The summed E-state index contributed by atoms with van der Waals surface area (Å²) in [6.07, 6.45) is 7.43. The number of piperidine rings is 2. The van der Waals surface area contributed by atoms with Gasteiger partial charge in [0.2, 0.25) is 5.95 Å². The van der Waals surface area contributed by atoms with E-state index in [1.165, 1.54) is 56.7 Å². The first kappa shape index (κ1) is 25.0. The number of nitrogens with one attached hydrogen (secondary N) is 1. The summed E-state index contributed by atoms with van der Waals surface area (Å²) in [6, 6.07) is 10.4. The molecule has 2 aliphatic rings. The molecule has 2 aliphatic heterocycles. The lowest BCUT2D eigenvalue weighted by Gasteiger charge is -2.40. The van der Waals surface area contributed by atoms with Crippen LogP contribution in [0.1, 0.15) is 37.7 Å². The Balaban J connectivity index is 1.40. The molecule has 8 nitrogen and oxygen atoms in total. The molecule has 3 heterocycles. The lowest BCUT2D eigenvalue weighted by molar-refractivity contribution is -0.385. The summed E-state index contributed by atoms with van der Waals surface area (Å²) in [5.74, 6) is -0.544. The molecule has 1 N–H and O–H groups in total. The second-order valence-corrected chi connectivity index (χ2v) is 9.61. The normalized spacial score (nSPS) is 17.1. The quantitative estimate of drug-likeness (QED) is 0.338. The SMILES string of the molecule is O=[N+]([O-])c1ccccc1CNc1nc(N2CCC(N3CCCCC3)CC2)ncc1-c1ccc(F)cc1F. The molecule has 10 heteroatoms. The van der Waals surface area contributed by atoms with Gasteiger partial charge in [-0.15, -0.1) is 0 Å². The Morgan fingerprint density at radius 3 is 2.49 bits per heavy atom.